The molecule has 0 spiro atoms. The van der Waals surface area contributed by atoms with Crippen LogP contribution in [0.4, 0.5) is 0 Å². The van der Waals surface area contributed by atoms with Gasteiger partial charge in [0.1, 0.15) is 0 Å². The normalized spacial score (nSPS) is 12.7. The number of aryl methyl sites for hydroxylation is 2. The molecule has 0 amide bonds. The highest BCUT2D eigenvalue weighted by molar-refractivity contribution is 9.10. The Morgan fingerprint density at radius 1 is 1.35 bits per heavy atom. The van der Waals surface area contributed by atoms with Gasteiger partial charge in [0.05, 0.1) is 10.7 Å². The van der Waals surface area contributed by atoms with E-state index < -0.39 is 0 Å². The van der Waals surface area contributed by atoms with E-state index in [4.69, 9.17) is 17.3 Å². The third kappa shape index (κ3) is 3.43. The van der Waals surface area contributed by atoms with Crippen molar-refractivity contribution in [1.82, 2.24) is 9.78 Å². The first-order chi connectivity index (χ1) is 9.55. The van der Waals surface area contributed by atoms with Crippen molar-refractivity contribution >= 4 is 27.5 Å². The second-order valence-corrected chi connectivity index (χ2v) is 6.04. The number of halogens is 2. The van der Waals surface area contributed by atoms with Crippen molar-refractivity contribution in [3.8, 4) is 0 Å². The Hall–Kier alpha value is -0.840. The molecular weight excluding hydrogens is 338 g/mol. The van der Waals surface area contributed by atoms with E-state index in [1.54, 1.807) is 0 Å². The second kappa shape index (κ2) is 6.74. The maximum Gasteiger partial charge on any atom is 0.0624 e. The minimum atomic E-state index is -0.0599. The molecule has 0 aliphatic heterocycles. The van der Waals surface area contributed by atoms with Crippen LogP contribution in [0.5, 0.6) is 0 Å². The zero-order valence-electron chi connectivity index (χ0n) is 11.7. The van der Waals surface area contributed by atoms with Crippen LogP contribution < -0.4 is 5.73 Å². The van der Waals surface area contributed by atoms with Gasteiger partial charge < -0.3 is 5.73 Å². The molecule has 2 aromatic rings. The molecule has 5 heteroatoms. The molecule has 0 aliphatic rings. The number of nitrogens with two attached hydrogens (primary N) is 1. The van der Waals surface area contributed by atoms with Crippen molar-refractivity contribution in [2.45, 2.75) is 39.3 Å². The molecule has 2 rings (SSSR count). The first kappa shape index (κ1) is 15.5. The van der Waals surface area contributed by atoms with Gasteiger partial charge in [0.25, 0.3) is 0 Å². The monoisotopic (exact) mass is 355 g/mol. The van der Waals surface area contributed by atoms with E-state index in [-0.39, 0.29) is 6.04 Å². The highest BCUT2D eigenvalue weighted by atomic mass is 79.9. The fourth-order valence-corrected chi connectivity index (χ4v) is 2.73. The zero-order valence-corrected chi connectivity index (χ0v) is 14.1. The van der Waals surface area contributed by atoms with E-state index in [0.29, 0.717) is 5.02 Å². The predicted molar refractivity (Wildman–Crippen MR) is 87.1 cm³/mol. The maximum atomic E-state index is 6.32. The average molecular weight is 357 g/mol. The Balaban J connectivity index is 2.20. The molecule has 1 heterocycles. The van der Waals surface area contributed by atoms with E-state index >= 15 is 0 Å². The highest BCUT2D eigenvalue weighted by Crippen LogP contribution is 2.26. The number of hydrogen-bond acceptors (Lipinski definition) is 2. The number of aromatic nitrogens is 2. The summed E-state index contributed by atoms with van der Waals surface area (Å²) >= 11 is 9.45. The lowest BCUT2D eigenvalue weighted by Gasteiger charge is -2.13. The molecule has 108 valence electrons. The van der Waals surface area contributed by atoms with E-state index in [1.165, 1.54) is 5.69 Å². The summed E-state index contributed by atoms with van der Waals surface area (Å²) in [6.45, 7) is 5.08. The Kier molecular flexibility index (Phi) is 5.24. The molecule has 1 aromatic carbocycles. The lowest BCUT2D eigenvalue weighted by Crippen LogP contribution is -2.16. The highest BCUT2D eigenvalue weighted by Gasteiger charge is 2.13. The van der Waals surface area contributed by atoms with Gasteiger partial charge in [-0.3, -0.25) is 4.68 Å². The molecule has 0 saturated heterocycles. The van der Waals surface area contributed by atoms with E-state index in [2.05, 4.69) is 40.9 Å². The van der Waals surface area contributed by atoms with Crippen molar-refractivity contribution in [3.05, 3.63) is 50.7 Å². The van der Waals surface area contributed by atoms with Crippen molar-refractivity contribution in [2.24, 2.45) is 5.73 Å². The number of benzene rings is 1. The summed E-state index contributed by atoms with van der Waals surface area (Å²) in [5.41, 5.74) is 9.69. The molecule has 1 unspecified atom stereocenters. The first-order valence-electron chi connectivity index (χ1n) is 6.81. The fraction of sp³-hybridized carbons (Fsp3) is 0.400. The van der Waals surface area contributed by atoms with Crippen molar-refractivity contribution in [3.63, 3.8) is 0 Å². The van der Waals surface area contributed by atoms with Gasteiger partial charge in [-0.2, -0.15) is 5.10 Å². The van der Waals surface area contributed by atoms with Crippen molar-refractivity contribution < 1.29 is 0 Å². The number of hydrogen-bond donors (Lipinski definition) is 1. The van der Waals surface area contributed by atoms with E-state index in [9.17, 15) is 0 Å². The Morgan fingerprint density at radius 3 is 2.70 bits per heavy atom. The Labute approximate surface area is 133 Å². The largest absolute Gasteiger partial charge is 0.324 e. The van der Waals surface area contributed by atoms with Crippen LogP contribution in [0.1, 0.15) is 36.8 Å². The SMILES string of the molecule is CCc1cc(CC(N)c2ccc(Cl)c(Br)c2)n(CC)n1. The molecule has 0 fully saturated rings. The van der Waals surface area contributed by atoms with Crippen LogP contribution in [0.15, 0.2) is 28.7 Å². The topological polar surface area (TPSA) is 43.8 Å². The Bertz CT molecular complexity index is 595. The fourth-order valence-electron chi connectivity index (χ4n) is 2.21. The van der Waals surface area contributed by atoms with Crippen LogP contribution in [-0.2, 0) is 19.4 Å². The molecule has 20 heavy (non-hydrogen) atoms. The quantitative estimate of drug-likeness (QED) is 0.875. The van der Waals surface area contributed by atoms with Crippen molar-refractivity contribution in [2.75, 3.05) is 0 Å². The summed E-state index contributed by atoms with van der Waals surface area (Å²) in [7, 11) is 0. The van der Waals surface area contributed by atoms with Crippen LogP contribution in [0, 0.1) is 0 Å². The first-order valence-corrected chi connectivity index (χ1v) is 7.98. The average Bonchev–Trinajstić information content (AvgIpc) is 2.84. The molecule has 0 bridgehead atoms. The maximum absolute atomic E-state index is 6.32. The van der Waals surface area contributed by atoms with E-state index in [1.807, 2.05) is 22.9 Å². The third-order valence-electron chi connectivity index (χ3n) is 3.38. The second-order valence-electron chi connectivity index (χ2n) is 4.78. The molecule has 1 atom stereocenters. The summed E-state index contributed by atoms with van der Waals surface area (Å²) < 4.78 is 2.91. The van der Waals surface area contributed by atoms with Gasteiger partial charge in [-0.25, -0.2) is 0 Å². The third-order valence-corrected chi connectivity index (χ3v) is 4.59. The van der Waals surface area contributed by atoms with Crippen LogP contribution in [-0.4, -0.2) is 9.78 Å². The minimum absolute atomic E-state index is 0.0599. The molecule has 2 N–H and O–H groups in total. The van der Waals surface area contributed by atoms with Gasteiger partial charge >= 0.3 is 0 Å². The Morgan fingerprint density at radius 2 is 2.10 bits per heavy atom. The van der Waals surface area contributed by atoms with E-state index in [0.717, 1.165) is 35.1 Å². The molecular formula is C15H19BrClN3. The molecule has 1 aromatic heterocycles. The van der Waals surface area contributed by atoms with Gasteiger partial charge in [-0.05, 0) is 53.0 Å². The van der Waals surface area contributed by atoms with Crippen molar-refractivity contribution in [1.29, 1.82) is 0 Å². The molecule has 3 nitrogen and oxygen atoms in total. The van der Waals surface area contributed by atoms with Gasteiger partial charge in [-0.1, -0.05) is 24.6 Å². The van der Waals surface area contributed by atoms with Crippen LogP contribution in [0.25, 0.3) is 0 Å². The predicted octanol–water partition coefficient (Wildman–Crippen LogP) is 4.12. The number of nitrogens with zero attached hydrogens (tertiary/aromatic N) is 2. The number of rotatable bonds is 5. The van der Waals surface area contributed by atoms with Gasteiger partial charge in [0.15, 0.2) is 0 Å². The summed E-state index contributed by atoms with van der Waals surface area (Å²) in [6.07, 6.45) is 1.72. The smallest absolute Gasteiger partial charge is 0.0624 e. The lowest BCUT2D eigenvalue weighted by atomic mass is 10.0. The minimum Gasteiger partial charge on any atom is -0.324 e. The summed E-state index contributed by atoms with van der Waals surface area (Å²) in [5, 5.41) is 5.26. The lowest BCUT2D eigenvalue weighted by molar-refractivity contribution is 0.585. The zero-order chi connectivity index (χ0) is 14.7. The summed E-state index contributed by atoms with van der Waals surface area (Å²) in [4.78, 5) is 0. The van der Waals surface area contributed by atoms with Gasteiger partial charge in [-0.15, -0.1) is 0 Å². The molecule has 0 aliphatic carbocycles. The summed E-state index contributed by atoms with van der Waals surface area (Å²) in [5.74, 6) is 0. The van der Waals surface area contributed by atoms with Crippen LogP contribution in [0.2, 0.25) is 5.02 Å². The van der Waals surface area contributed by atoms with Crippen LogP contribution in [0.3, 0.4) is 0 Å². The van der Waals surface area contributed by atoms with Gasteiger partial charge in [0.2, 0.25) is 0 Å². The summed E-state index contributed by atoms with van der Waals surface area (Å²) in [6, 6.07) is 7.92. The molecule has 0 saturated carbocycles. The molecule has 0 radical (unpaired) electrons. The van der Waals surface area contributed by atoms with Gasteiger partial charge in [0, 0.05) is 29.2 Å². The van der Waals surface area contributed by atoms with Crippen LogP contribution >= 0.6 is 27.5 Å². The standard InChI is InChI=1S/C15H19BrClN3/c1-3-11-8-12(20(4-2)19-11)9-15(18)10-5-6-14(17)13(16)7-10/h5-8,15H,3-4,9,18H2,1-2H3.